The summed E-state index contributed by atoms with van der Waals surface area (Å²) in [5.41, 5.74) is 15.9. The summed E-state index contributed by atoms with van der Waals surface area (Å²) in [7, 11) is 0. The molecule has 0 saturated carbocycles. The van der Waals surface area contributed by atoms with Gasteiger partial charge in [-0.15, -0.1) is 0 Å². The molecule has 0 fully saturated rings. The maximum absolute atomic E-state index is 10.4. The number of benzene rings is 1. The van der Waals surface area contributed by atoms with E-state index in [0.29, 0.717) is 18.5 Å². The maximum Gasteiger partial charge on any atom is 0.320 e. The van der Waals surface area contributed by atoms with Crippen molar-refractivity contribution in [3.63, 3.8) is 0 Å². The molecule has 20 heavy (non-hydrogen) atoms. The van der Waals surface area contributed by atoms with Crippen molar-refractivity contribution < 1.29 is 34.2 Å². The van der Waals surface area contributed by atoms with Crippen LogP contribution in [0.2, 0.25) is 0 Å². The van der Waals surface area contributed by atoms with Crippen LogP contribution in [0.25, 0.3) is 0 Å². The Morgan fingerprint density at radius 2 is 1.70 bits per heavy atom. The Balaban J connectivity index is 0. The van der Waals surface area contributed by atoms with E-state index >= 15 is 0 Å². The summed E-state index contributed by atoms with van der Waals surface area (Å²) in [6, 6.07) is 8.05. The predicted molar refractivity (Wildman–Crippen MR) is 73.5 cm³/mol. The minimum absolute atomic E-state index is 0. The fourth-order valence-corrected chi connectivity index (χ4v) is 1.23. The molecule has 1 aromatic rings. The second kappa shape index (κ2) is 12.7. The number of carbonyl (C=O) groups excluding carboxylic acids is 1. The molecule has 6 nitrogen and oxygen atoms in total. The molecule has 1 aromatic carbocycles. The molecule has 7 heteroatoms. The molecule has 7 N–H and O–H groups in total. The Morgan fingerprint density at radius 3 is 2.05 bits per heavy atom. The zero-order valence-corrected chi connectivity index (χ0v) is 14.5. The Hall–Kier alpha value is -1.30. The van der Waals surface area contributed by atoms with Gasteiger partial charge >= 0.3 is 5.97 Å². The number of primary amides is 1. The van der Waals surface area contributed by atoms with Gasteiger partial charge in [-0.1, -0.05) is 24.6 Å². The van der Waals surface area contributed by atoms with Crippen molar-refractivity contribution >= 4 is 11.9 Å². The van der Waals surface area contributed by atoms with Gasteiger partial charge in [0, 0.05) is 25.0 Å². The summed E-state index contributed by atoms with van der Waals surface area (Å²) in [5.74, 6) is -1.31. The number of unbranched alkanes of at least 4 members (excludes halogenated alkanes) is 1. The van der Waals surface area contributed by atoms with Crippen LogP contribution in [-0.4, -0.2) is 29.6 Å². The molecule has 0 aromatic heterocycles. The van der Waals surface area contributed by atoms with E-state index in [1.165, 1.54) is 0 Å². The quantitative estimate of drug-likeness (QED) is 0.439. The molecule has 0 saturated heterocycles. The van der Waals surface area contributed by atoms with Gasteiger partial charge in [0.1, 0.15) is 6.04 Å². The number of hydrogen-bond donors (Lipinski definition) is 4. The Kier molecular flexibility index (Phi) is 13.4. The number of carbonyl (C=O) groups is 2. The Labute approximate surface area is 131 Å². The van der Waals surface area contributed by atoms with Gasteiger partial charge in [0.2, 0.25) is 5.91 Å². The molecule has 1 atom stereocenters. The Morgan fingerprint density at radius 1 is 1.15 bits per heavy atom. The number of aliphatic carboxylic acids is 1. The van der Waals surface area contributed by atoms with Crippen LogP contribution < -0.4 is 17.2 Å². The number of amides is 1. The molecule has 1 amide bonds. The molecule has 108 valence electrons. The Bertz CT molecular complexity index is 388. The second-order valence-corrected chi connectivity index (χ2v) is 3.96. The first-order valence-corrected chi connectivity index (χ1v) is 6.02. The second-order valence-electron chi connectivity index (χ2n) is 3.96. The van der Waals surface area contributed by atoms with Crippen molar-refractivity contribution in [2.45, 2.75) is 25.3 Å². The predicted octanol–water partition coefficient (Wildman–Crippen LogP) is 0.310. The van der Waals surface area contributed by atoms with Crippen LogP contribution in [0.1, 0.15) is 29.6 Å². The molecular formula is C13H21N3O3Zn. The maximum atomic E-state index is 10.4. The van der Waals surface area contributed by atoms with Crippen LogP contribution >= 0.6 is 0 Å². The molecule has 0 heterocycles. The van der Waals surface area contributed by atoms with Crippen molar-refractivity contribution in [2.75, 3.05) is 6.54 Å². The zero-order chi connectivity index (χ0) is 14.7. The third kappa shape index (κ3) is 10.6. The molecule has 1 rings (SSSR count). The van der Waals surface area contributed by atoms with E-state index in [-0.39, 0.29) is 25.4 Å². The van der Waals surface area contributed by atoms with E-state index in [1.807, 2.05) is 6.07 Å². The minimum atomic E-state index is -0.933. The minimum Gasteiger partial charge on any atom is -0.480 e. The topological polar surface area (TPSA) is 132 Å². The van der Waals surface area contributed by atoms with Crippen LogP contribution in [0.5, 0.6) is 0 Å². The zero-order valence-electron chi connectivity index (χ0n) is 11.5. The van der Waals surface area contributed by atoms with E-state index in [2.05, 4.69) is 0 Å². The first kappa shape index (κ1) is 21.0. The van der Waals surface area contributed by atoms with E-state index in [9.17, 15) is 9.59 Å². The molecule has 0 aliphatic heterocycles. The molecule has 0 radical (unpaired) electrons. The number of nitrogens with two attached hydrogens (primary N) is 3. The van der Waals surface area contributed by atoms with Crippen LogP contribution in [0.15, 0.2) is 30.3 Å². The average Bonchev–Trinajstić information content (AvgIpc) is 2.40. The molecule has 0 aliphatic carbocycles. The molecule has 0 bridgehead atoms. The summed E-state index contributed by atoms with van der Waals surface area (Å²) in [5, 5.41) is 8.33. The third-order valence-electron chi connectivity index (χ3n) is 2.34. The SMILES string of the molecule is NC(=O)c1ccccc1.NCCCC[C@H](N)C(=O)O.[Zn]. The third-order valence-corrected chi connectivity index (χ3v) is 2.34. The first-order valence-electron chi connectivity index (χ1n) is 6.02. The smallest absolute Gasteiger partial charge is 0.320 e. The average molecular weight is 333 g/mol. The first-order chi connectivity index (χ1) is 8.99. The summed E-state index contributed by atoms with van der Waals surface area (Å²) in [6.45, 7) is 0.604. The van der Waals surface area contributed by atoms with Crippen LogP contribution in [0, 0.1) is 0 Å². The van der Waals surface area contributed by atoms with Crippen molar-refractivity contribution in [3.05, 3.63) is 35.9 Å². The number of carboxylic acid groups (broad SMARTS) is 1. The summed E-state index contributed by atoms with van der Waals surface area (Å²) >= 11 is 0. The monoisotopic (exact) mass is 331 g/mol. The van der Waals surface area contributed by atoms with Gasteiger partial charge in [0.15, 0.2) is 0 Å². The summed E-state index contributed by atoms with van der Waals surface area (Å²) < 4.78 is 0. The van der Waals surface area contributed by atoms with Gasteiger partial charge in [-0.3, -0.25) is 9.59 Å². The number of rotatable bonds is 6. The van der Waals surface area contributed by atoms with Gasteiger partial charge in [-0.25, -0.2) is 0 Å². The van der Waals surface area contributed by atoms with Gasteiger partial charge in [-0.2, -0.15) is 0 Å². The number of hydrogen-bond acceptors (Lipinski definition) is 4. The largest absolute Gasteiger partial charge is 0.480 e. The van der Waals surface area contributed by atoms with Gasteiger partial charge in [0.05, 0.1) is 0 Å². The van der Waals surface area contributed by atoms with Gasteiger partial charge in [0.25, 0.3) is 0 Å². The molecule has 0 aliphatic rings. The van der Waals surface area contributed by atoms with E-state index in [4.69, 9.17) is 22.3 Å². The number of carboxylic acids is 1. The van der Waals surface area contributed by atoms with Crippen molar-refractivity contribution in [1.29, 1.82) is 0 Å². The van der Waals surface area contributed by atoms with E-state index in [1.54, 1.807) is 24.3 Å². The van der Waals surface area contributed by atoms with Gasteiger partial charge in [-0.05, 0) is 31.5 Å². The van der Waals surface area contributed by atoms with Crippen molar-refractivity contribution in [3.8, 4) is 0 Å². The van der Waals surface area contributed by atoms with Crippen molar-refractivity contribution in [2.24, 2.45) is 17.2 Å². The van der Waals surface area contributed by atoms with E-state index in [0.717, 1.165) is 12.8 Å². The summed E-state index contributed by atoms with van der Waals surface area (Å²) in [4.78, 5) is 20.6. The molecule has 0 unspecified atom stereocenters. The van der Waals surface area contributed by atoms with Crippen LogP contribution in [0.4, 0.5) is 0 Å². The normalized spacial score (nSPS) is 10.5. The fraction of sp³-hybridized carbons (Fsp3) is 0.385. The van der Waals surface area contributed by atoms with Crippen molar-refractivity contribution in [1.82, 2.24) is 0 Å². The van der Waals surface area contributed by atoms with Crippen LogP contribution in [-0.2, 0) is 24.3 Å². The fourth-order valence-electron chi connectivity index (χ4n) is 1.23. The van der Waals surface area contributed by atoms with Gasteiger partial charge < -0.3 is 22.3 Å². The van der Waals surface area contributed by atoms with Crippen LogP contribution in [0.3, 0.4) is 0 Å². The molecular weight excluding hydrogens is 312 g/mol. The van der Waals surface area contributed by atoms with E-state index < -0.39 is 12.0 Å². The molecule has 0 spiro atoms. The summed E-state index contributed by atoms with van der Waals surface area (Å²) in [6.07, 6.45) is 2.16. The standard InChI is InChI=1S/C7H7NO.C6H14N2O2.Zn/c8-7(9)6-4-2-1-3-5-6;7-4-2-1-3-5(8)6(9)10;/h1-5H,(H2,8,9);5H,1-4,7-8H2,(H,9,10);/t;5-;/m.0./s1.